The molecule has 4 aromatic rings. The lowest BCUT2D eigenvalue weighted by atomic mass is 9.87. The summed E-state index contributed by atoms with van der Waals surface area (Å²) in [5.74, 6) is 1.21. The quantitative estimate of drug-likeness (QED) is 0.422. The van der Waals surface area contributed by atoms with E-state index in [0.29, 0.717) is 39.6 Å². The van der Waals surface area contributed by atoms with Crippen LogP contribution in [-0.4, -0.2) is 25.2 Å². The summed E-state index contributed by atoms with van der Waals surface area (Å²) >= 11 is 1.30. The molecule has 0 saturated carbocycles. The first-order valence-corrected chi connectivity index (χ1v) is 13.0. The number of fused-ring (bicyclic) bond motifs is 2. The van der Waals surface area contributed by atoms with Gasteiger partial charge in [0.1, 0.15) is 16.5 Å². The monoisotopic (exact) mass is 489 g/mol. The zero-order chi connectivity index (χ0) is 24.7. The largest absolute Gasteiger partial charge is 0.306 e. The van der Waals surface area contributed by atoms with Gasteiger partial charge in [0.15, 0.2) is 0 Å². The number of benzene rings is 1. The van der Waals surface area contributed by atoms with Crippen molar-refractivity contribution in [3.63, 3.8) is 0 Å². The van der Waals surface area contributed by atoms with E-state index in [1.54, 1.807) is 21.5 Å². The van der Waals surface area contributed by atoms with Crippen molar-refractivity contribution in [2.24, 2.45) is 0 Å². The van der Waals surface area contributed by atoms with Gasteiger partial charge in [-0.1, -0.05) is 51.5 Å². The van der Waals surface area contributed by atoms with Gasteiger partial charge < -0.3 is 5.32 Å². The molecule has 0 spiro atoms. The standard InChI is InChI=1S/C27H31N5O2S/c1-17-22-25(30-20-8-6-5-7-15-31(20)26(22)34)35-23(17)24(33)29-21-13-14-28-32(21)16-18-9-11-19(12-10-18)27(2,3)4/h9-14H,5-8,15-16H2,1-4H3,(H,29,33). The summed E-state index contributed by atoms with van der Waals surface area (Å²) in [4.78, 5) is 32.4. The number of thiophene rings is 1. The van der Waals surface area contributed by atoms with Crippen molar-refractivity contribution in [2.45, 2.75) is 71.9 Å². The molecule has 0 aliphatic carbocycles. The van der Waals surface area contributed by atoms with E-state index < -0.39 is 0 Å². The van der Waals surface area contributed by atoms with Gasteiger partial charge in [0.05, 0.1) is 23.0 Å². The minimum absolute atomic E-state index is 0.0246. The first-order valence-electron chi connectivity index (χ1n) is 12.2. The van der Waals surface area contributed by atoms with Gasteiger partial charge in [-0.2, -0.15) is 5.10 Å². The zero-order valence-corrected chi connectivity index (χ0v) is 21.5. The number of nitrogens with one attached hydrogen (secondary N) is 1. The van der Waals surface area contributed by atoms with Gasteiger partial charge in [-0.25, -0.2) is 9.67 Å². The SMILES string of the molecule is Cc1c(C(=O)Nc2ccnn2Cc2ccc(C(C)(C)C)cc2)sc2nc3n(c(=O)c12)CCCCC3. The summed E-state index contributed by atoms with van der Waals surface area (Å²) in [5.41, 5.74) is 3.15. The highest BCUT2D eigenvalue weighted by molar-refractivity contribution is 7.20. The number of carbonyl (C=O) groups excluding carboxylic acids is 1. The Balaban J connectivity index is 1.40. The highest BCUT2D eigenvalue weighted by atomic mass is 32.1. The van der Waals surface area contributed by atoms with Crippen LogP contribution in [0.2, 0.25) is 0 Å². The number of anilines is 1. The molecule has 0 unspecified atom stereocenters. The predicted molar refractivity (Wildman–Crippen MR) is 141 cm³/mol. The van der Waals surface area contributed by atoms with E-state index in [1.165, 1.54) is 16.9 Å². The first kappa shape index (κ1) is 23.5. The highest BCUT2D eigenvalue weighted by Crippen LogP contribution is 2.29. The Kier molecular flexibility index (Phi) is 6.09. The number of hydrogen-bond acceptors (Lipinski definition) is 5. The lowest BCUT2D eigenvalue weighted by molar-refractivity contribution is 0.102. The van der Waals surface area contributed by atoms with E-state index in [2.05, 4.69) is 55.5 Å². The van der Waals surface area contributed by atoms with E-state index in [0.717, 1.165) is 37.1 Å². The summed E-state index contributed by atoms with van der Waals surface area (Å²) in [5, 5.41) is 7.98. The molecule has 4 heterocycles. The maximum absolute atomic E-state index is 13.3. The number of amides is 1. The van der Waals surface area contributed by atoms with Crippen LogP contribution in [0.15, 0.2) is 41.3 Å². The smallest absolute Gasteiger partial charge is 0.267 e. The van der Waals surface area contributed by atoms with Crippen LogP contribution in [0.5, 0.6) is 0 Å². The lowest BCUT2D eigenvalue weighted by Crippen LogP contribution is -2.24. The molecular formula is C27H31N5O2S. The van der Waals surface area contributed by atoms with Crippen LogP contribution in [0.4, 0.5) is 5.82 Å². The predicted octanol–water partition coefficient (Wildman–Crippen LogP) is 5.29. The zero-order valence-electron chi connectivity index (χ0n) is 20.7. The Morgan fingerprint density at radius 3 is 2.63 bits per heavy atom. The molecule has 3 aromatic heterocycles. The van der Waals surface area contributed by atoms with Crippen LogP contribution in [0, 0.1) is 6.92 Å². The van der Waals surface area contributed by atoms with Gasteiger partial charge >= 0.3 is 0 Å². The topological polar surface area (TPSA) is 81.8 Å². The van der Waals surface area contributed by atoms with Crippen molar-refractivity contribution in [3.8, 4) is 0 Å². The van der Waals surface area contributed by atoms with Crippen molar-refractivity contribution in [1.29, 1.82) is 0 Å². The normalized spacial score (nSPS) is 14.1. The van der Waals surface area contributed by atoms with Crippen molar-refractivity contribution in [1.82, 2.24) is 19.3 Å². The fourth-order valence-corrected chi connectivity index (χ4v) is 5.73. The van der Waals surface area contributed by atoms with Crippen LogP contribution in [-0.2, 0) is 24.9 Å². The van der Waals surface area contributed by atoms with Crippen LogP contribution >= 0.6 is 11.3 Å². The molecule has 1 aliphatic heterocycles. The minimum atomic E-state index is -0.241. The summed E-state index contributed by atoms with van der Waals surface area (Å²) in [7, 11) is 0. The third-order valence-corrected chi connectivity index (χ3v) is 7.91. The van der Waals surface area contributed by atoms with Gasteiger partial charge in [0, 0.05) is 19.0 Å². The molecule has 0 atom stereocenters. The molecule has 1 amide bonds. The molecule has 35 heavy (non-hydrogen) atoms. The number of nitrogens with zero attached hydrogens (tertiary/aromatic N) is 4. The number of carbonyl (C=O) groups is 1. The Morgan fingerprint density at radius 2 is 1.89 bits per heavy atom. The van der Waals surface area contributed by atoms with E-state index in [9.17, 15) is 9.59 Å². The van der Waals surface area contributed by atoms with Gasteiger partial charge in [-0.05, 0) is 41.9 Å². The third kappa shape index (κ3) is 4.55. The van der Waals surface area contributed by atoms with E-state index >= 15 is 0 Å². The number of hydrogen-bond donors (Lipinski definition) is 1. The molecule has 1 aliphatic rings. The van der Waals surface area contributed by atoms with Gasteiger partial charge in [0.2, 0.25) is 0 Å². The second-order valence-corrected chi connectivity index (χ2v) is 11.3. The van der Waals surface area contributed by atoms with Crippen molar-refractivity contribution in [2.75, 3.05) is 5.32 Å². The Labute approximate surface area is 208 Å². The third-order valence-electron chi connectivity index (χ3n) is 6.73. The van der Waals surface area contributed by atoms with E-state index in [1.807, 2.05) is 6.92 Å². The van der Waals surface area contributed by atoms with Crippen molar-refractivity contribution >= 4 is 33.3 Å². The first-order chi connectivity index (χ1) is 16.7. The fourth-order valence-electron chi connectivity index (χ4n) is 4.65. The fraction of sp³-hybridized carbons (Fsp3) is 0.407. The Hall–Kier alpha value is -3.26. The molecule has 0 bridgehead atoms. The highest BCUT2D eigenvalue weighted by Gasteiger charge is 2.23. The molecule has 0 saturated heterocycles. The average molecular weight is 490 g/mol. The van der Waals surface area contributed by atoms with Crippen molar-refractivity contribution in [3.05, 3.63) is 74.3 Å². The molecule has 8 heteroatoms. The van der Waals surface area contributed by atoms with Crippen LogP contribution in [0.25, 0.3) is 10.2 Å². The average Bonchev–Trinajstić information content (AvgIpc) is 3.28. The molecule has 1 N–H and O–H groups in total. The van der Waals surface area contributed by atoms with Gasteiger partial charge in [-0.15, -0.1) is 11.3 Å². The summed E-state index contributed by atoms with van der Waals surface area (Å²) in [6, 6.07) is 10.3. The Morgan fingerprint density at radius 1 is 1.11 bits per heavy atom. The van der Waals surface area contributed by atoms with E-state index in [-0.39, 0.29) is 16.9 Å². The van der Waals surface area contributed by atoms with Crippen LogP contribution in [0.1, 0.15) is 72.2 Å². The van der Waals surface area contributed by atoms with Gasteiger partial charge in [0.25, 0.3) is 11.5 Å². The minimum Gasteiger partial charge on any atom is -0.306 e. The lowest BCUT2D eigenvalue weighted by Gasteiger charge is -2.19. The van der Waals surface area contributed by atoms with Crippen LogP contribution in [0.3, 0.4) is 0 Å². The molecule has 0 fully saturated rings. The number of rotatable bonds is 4. The molecule has 0 radical (unpaired) electrons. The van der Waals surface area contributed by atoms with Gasteiger partial charge in [-0.3, -0.25) is 14.2 Å². The van der Waals surface area contributed by atoms with Crippen molar-refractivity contribution < 1.29 is 4.79 Å². The molecule has 7 nitrogen and oxygen atoms in total. The molecule has 182 valence electrons. The Bertz CT molecular complexity index is 1450. The number of aryl methyl sites for hydroxylation is 2. The molecular weight excluding hydrogens is 458 g/mol. The maximum atomic E-state index is 13.3. The summed E-state index contributed by atoms with van der Waals surface area (Å²) in [6.07, 6.45) is 5.62. The molecule has 5 rings (SSSR count). The second kappa shape index (κ2) is 9.07. The molecule has 1 aromatic carbocycles. The second-order valence-electron chi connectivity index (χ2n) is 10.3. The van der Waals surface area contributed by atoms with E-state index in [4.69, 9.17) is 4.98 Å². The van der Waals surface area contributed by atoms with Crippen LogP contribution < -0.4 is 10.9 Å². The maximum Gasteiger partial charge on any atom is 0.267 e. The summed E-state index contributed by atoms with van der Waals surface area (Å²) < 4.78 is 3.58. The summed E-state index contributed by atoms with van der Waals surface area (Å²) in [6.45, 7) is 9.67. The number of aromatic nitrogens is 4.